The predicted molar refractivity (Wildman–Crippen MR) is 66.1 cm³/mol. The van der Waals surface area contributed by atoms with Crippen molar-refractivity contribution in [3.63, 3.8) is 0 Å². The van der Waals surface area contributed by atoms with Crippen LogP contribution in [0.3, 0.4) is 0 Å². The second-order valence-electron chi connectivity index (χ2n) is 4.12. The largest absolute Gasteiger partial charge is 0.352 e. The van der Waals surface area contributed by atoms with Gasteiger partial charge in [0, 0.05) is 20.0 Å². The fourth-order valence-electron chi connectivity index (χ4n) is 1.75. The third-order valence-corrected chi connectivity index (χ3v) is 2.73. The first kappa shape index (κ1) is 11.6. The summed E-state index contributed by atoms with van der Waals surface area (Å²) in [6.07, 6.45) is 3.65. The van der Waals surface area contributed by atoms with E-state index in [0.29, 0.717) is 24.6 Å². The standard InChI is InChI=1S/C11H12FN7/c1-18-7-14-16-10(18)4-5-13-11-15-9-3-2-8(12)6-19(9)17-11/h2-3,6-7H,4-5H2,1H3,(H,13,17). The van der Waals surface area contributed by atoms with Gasteiger partial charge in [0.2, 0.25) is 5.95 Å². The molecule has 0 aliphatic rings. The van der Waals surface area contributed by atoms with Gasteiger partial charge in [0.25, 0.3) is 0 Å². The molecule has 98 valence electrons. The van der Waals surface area contributed by atoms with Gasteiger partial charge in [0.05, 0.1) is 6.20 Å². The number of hydrogen-bond acceptors (Lipinski definition) is 5. The highest BCUT2D eigenvalue weighted by Crippen LogP contribution is 2.06. The molecule has 1 N–H and O–H groups in total. The van der Waals surface area contributed by atoms with E-state index in [1.54, 1.807) is 12.4 Å². The molecular weight excluding hydrogens is 249 g/mol. The van der Waals surface area contributed by atoms with Crippen LogP contribution in [-0.2, 0) is 13.5 Å². The highest BCUT2D eigenvalue weighted by Gasteiger charge is 2.05. The smallest absolute Gasteiger partial charge is 0.243 e. The van der Waals surface area contributed by atoms with Crippen molar-refractivity contribution in [2.75, 3.05) is 11.9 Å². The molecular formula is C11H12FN7. The third-order valence-electron chi connectivity index (χ3n) is 2.73. The summed E-state index contributed by atoms with van der Waals surface area (Å²) in [5, 5.41) is 15.0. The molecule has 0 amide bonds. The summed E-state index contributed by atoms with van der Waals surface area (Å²) in [6.45, 7) is 0.631. The number of anilines is 1. The zero-order valence-electron chi connectivity index (χ0n) is 10.3. The van der Waals surface area contributed by atoms with E-state index in [9.17, 15) is 4.39 Å². The lowest BCUT2D eigenvalue weighted by atomic mass is 10.4. The van der Waals surface area contributed by atoms with E-state index in [1.807, 2.05) is 11.6 Å². The van der Waals surface area contributed by atoms with Crippen LogP contribution in [0.5, 0.6) is 0 Å². The van der Waals surface area contributed by atoms with Crippen molar-refractivity contribution in [3.8, 4) is 0 Å². The molecule has 0 saturated heterocycles. The molecule has 0 saturated carbocycles. The summed E-state index contributed by atoms with van der Waals surface area (Å²) in [5.41, 5.74) is 0.600. The van der Waals surface area contributed by atoms with E-state index < -0.39 is 0 Å². The fraction of sp³-hybridized carbons (Fsp3) is 0.273. The molecule has 3 aromatic heterocycles. The summed E-state index contributed by atoms with van der Waals surface area (Å²) in [7, 11) is 1.89. The summed E-state index contributed by atoms with van der Waals surface area (Å²) in [4.78, 5) is 4.23. The summed E-state index contributed by atoms with van der Waals surface area (Å²) < 4.78 is 16.3. The van der Waals surface area contributed by atoms with Gasteiger partial charge in [-0.1, -0.05) is 0 Å². The molecule has 0 bridgehead atoms. The van der Waals surface area contributed by atoms with Crippen LogP contribution in [0.1, 0.15) is 5.82 Å². The number of fused-ring (bicyclic) bond motifs is 1. The van der Waals surface area contributed by atoms with Crippen LogP contribution in [-0.4, -0.2) is 35.9 Å². The minimum absolute atomic E-state index is 0.344. The van der Waals surface area contributed by atoms with Gasteiger partial charge in [-0.05, 0) is 12.1 Å². The maximum Gasteiger partial charge on any atom is 0.243 e. The molecule has 0 unspecified atom stereocenters. The molecule has 0 radical (unpaired) electrons. The Balaban J connectivity index is 1.67. The predicted octanol–water partition coefficient (Wildman–Crippen LogP) is 0.651. The molecule has 7 nitrogen and oxygen atoms in total. The van der Waals surface area contributed by atoms with E-state index >= 15 is 0 Å². The van der Waals surface area contributed by atoms with Crippen LogP contribution in [0.4, 0.5) is 10.3 Å². The van der Waals surface area contributed by atoms with E-state index in [0.717, 1.165) is 5.82 Å². The van der Waals surface area contributed by atoms with Crippen LogP contribution >= 0.6 is 0 Å². The van der Waals surface area contributed by atoms with Crippen molar-refractivity contribution >= 4 is 11.6 Å². The molecule has 19 heavy (non-hydrogen) atoms. The molecule has 0 aromatic carbocycles. The van der Waals surface area contributed by atoms with E-state index in [2.05, 4.69) is 25.6 Å². The highest BCUT2D eigenvalue weighted by atomic mass is 19.1. The monoisotopic (exact) mass is 261 g/mol. The first-order chi connectivity index (χ1) is 9.22. The second kappa shape index (κ2) is 4.63. The first-order valence-corrected chi connectivity index (χ1v) is 5.81. The topological polar surface area (TPSA) is 72.9 Å². The average Bonchev–Trinajstić information content (AvgIpc) is 2.95. The van der Waals surface area contributed by atoms with Crippen LogP contribution in [0, 0.1) is 5.82 Å². The Bertz CT molecular complexity index is 702. The van der Waals surface area contributed by atoms with E-state index in [4.69, 9.17) is 0 Å². The average molecular weight is 261 g/mol. The van der Waals surface area contributed by atoms with E-state index in [1.165, 1.54) is 16.8 Å². The van der Waals surface area contributed by atoms with Crippen molar-refractivity contribution in [3.05, 3.63) is 36.3 Å². The van der Waals surface area contributed by atoms with Crippen molar-refractivity contribution in [1.82, 2.24) is 29.4 Å². The number of halogens is 1. The van der Waals surface area contributed by atoms with Gasteiger partial charge in [-0.2, -0.15) is 4.98 Å². The summed E-state index contributed by atoms with van der Waals surface area (Å²) in [5.74, 6) is 0.998. The molecule has 3 aromatic rings. The Kier molecular flexibility index (Phi) is 2.82. The molecule has 0 fully saturated rings. The van der Waals surface area contributed by atoms with Crippen LogP contribution < -0.4 is 5.32 Å². The Hall–Kier alpha value is -2.51. The van der Waals surface area contributed by atoms with Crippen molar-refractivity contribution in [2.45, 2.75) is 6.42 Å². The molecule has 0 spiro atoms. The molecule has 8 heteroatoms. The Morgan fingerprint density at radius 3 is 3.05 bits per heavy atom. The van der Waals surface area contributed by atoms with Crippen LogP contribution in [0.25, 0.3) is 5.65 Å². The Labute approximate surface area is 108 Å². The minimum Gasteiger partial charge on any atom is -0.352 e. The lowest BCUT2D eigenvalue weighted by molar-refractivity contribution is 0.615. The fourth-order valence-corrected chi connectivity index (χ4v) is 1.75. The Morgan fingerprint density at radius 2 is 2.26 bits per heavy atom. The van der Waals surface area contributed by atoms with Gasteiger partial charge < -0.3 is 9.88 Å². The number of pyridine rings is 1. The van der Waals surface area contributed by atoms with Gasteiger partial charge in [-0.3, -0.25) is 0 Å². The third kappa shape index (κ3) is 2.37. The molecule has 3 rings (SSSR count). The maximum atomic E-state index is 13.0. The zero-order chi connectivity index (χ0) is 13.2. The van der Waals surface area contributed by atoms with Crippen LogP contribution in [0.2, 0.25) is 0 Å². The lowest BCUT2D eigenvalue weighted by Gasteiger charge is -2.00. The number of hydrogen-bond donors (Lipinski definition) is 1. The Morgan fingerprint density at radius 1 is 1.37 bits per heavy atom. The minimum atomic E-state index is -0.344. The zero-order valence-corrected chi connectivity index (χ0v) is 10.3. The lowest BCUT2D eigenvalue weighted by Crippen LogP contribution is -2.09. The normalized spacial score (nSPS) is 11.1. The van der Waals surface area contributed by atoms with Gasteiger partial charge in [-0.15, -0.1) is 15.3 Å². The molecule has 3 heterocycles. The number of aryl methyl sites for hydroxylation is 1. The van der Waals surface area contributed by atoms with Crippen molar-refractivity contribution in [2.24, 2.45) is 7.05 Å². The number of rotatable bonds is 4. The maximum absolute atomic E-state index is 13.0. The van der Waals surface area contributed by atoms with Gasteiger partial charge in [0.15, 0.2) is 5.65 Å². The SMILES string of the molecule is Cn1cnnc1CCNc1nc2ccc(F)cn2n1. The number of nitrogens with one attached hydrogen (secondary N) is 1. The number of nitrogens with zero attached hydrogens (tertiary/aromatic N) is 6. The summed E-state index contributed by atoms with van der Waals surface area (Å²) in [6, 6.07) is 2.93. The van der Waals surface area contributed by atoms with Gasteiger partial charge in [0.1, 0.15) is 18.0 Å². The van der Waals surface area contributed by atoms with Crippen molar-refractivity contribution < 1.29 is 4.39 Å². The second-order valence-corrected chi connectivity index (χ2v) is 4.12. The van der Waals surface area contributed by atoms with Crippen LogP contribution in [0.15, 0.2) is 24.7 Å². The summed E-state index contributed by atoms with van der Waals surface area (Å²) >= 11 is 0. The first-order valence-electron chi connectivity index (χ1n) is 5.81. The van der Waals surface area contributed by atoms with Crippen molar-refractivity contribution in [1.29, 1.82) is 0 Å². The molecule has 0 aliphatic carbocycles. The van der Waals surface area contributed by atoms with Gasteiger partial charge >= 0.3 is 0 Å². The molecule has 0 aliphatic heterocycles. The highest BCUT2D eigenvalue weighted by molar-refractivity contribution is 5.42. The quantitative estimate of drug-likeness (QED) is 0.746. The van der Waals surface area contributed by atoms with Gasteiger partial charge in [-0.25, -0.2) is 8.91 Å². The number of aromatic nitrogens is 6. The molecule has 0 atom stereocenters. The van der Waals surface area contributed by atoms with E-state index in [-0.39, 0.29) is 5.82 Å².